The summed E-state index contributed by atoms with van der Waals surface area (Å²) in [7, 11) is 1.50. The summed E-state index contributed by atoms with van der Waals surface area (Å²) in [5.74, 6) is 0.625. The Morgan fingerprint density at radius 2 is 2.22 bits per heavy atom. The number of hydrogen-bond donors (Lipinski definition) is 3. The molecule has 0 aliphatic carbocycles. The second kappa shape index (κ2) is 8.30. The number of nitrogens with zero attached hydrogens (tertiary/aromatic N) is 1. The van der Waals surface area contributed by atoms with Crippen LogP contribution in [0.1, 0.15) is 12.8 Å². The number of nitrogens with one attached hydrogen (secondary N) is 2. The van der Waals surface area contributed by atoms with Crippen LogP contribution < -0.4 is 16.4 Å². The predicted octanol–water partition coefficient (Wildman–Crippen LogP) is 0.618. The van der Waals surface area contributed by atoms with Gasteiger partial charge in [0.25, 0.3) is 0 Å². The van der Waals surface area contributed by atoms with Crippen LogP contribution in [0.25, 0.3) is 0 Å². The molecule has 100 valence electrons. The maximum absolute atomic E-state index is 11.1. The highest BCUT2D eigenvalue weighted by atomic mass is 16.5. The van der Waals surface area contributed by atoms with Crippen LogP contribution in [0.3, 0.4) is 0 Å². The van der Waals surface area contributed by atoms with E-state index in [0.29, 0.717) is 18.1 Å². The molecule has 0 saturated heterocycles. The van der Waals surface area contributed by atoms with Gasteiger partial charge in [0, 0.05) is 26.4 Å². The quantitative estimate of drug-likeness (QED) is 0.590. The Bertz CT molecular complexity index is 371. The average Bonchev–Trinajstić information content (AvgIpc) is 2.36. The normalized spacial score (nSPS) is 10.1. The van der Waals surface area contributed by atoms with Gasteiger partial charge in [-0.25, -0.2) is 4.98 Å². The molecule has 0 aromatic carbocycles. The maximum Gasteiger partial charge on any atom is 0.245 e. The van der Waals surface area contributed by atoms with E-state index in [-0.39, 0.29) is 12.5 Å². The Morgan fingerprint density at radius 1 is 1.44 bits per heavy atom. The van der Waals surface area contributed by atoms with Gasteiger partial charge in [0.05, 0.1) is 5.69 Å². The van der Waals surface area contributed by atoms with Gasteiger partial charge in [0.15, 0.2) is 0 Å². The molecule has 0 radical (unpaired) electrons. The molecule has 1 rings (SSSR count). The lowest BCUT2D eigenvalue weighted by Gasteiger charge is -2.08. The van der Waals surface area contributed by atoms with Crippen molar-refractivity contribution in [2.75, 3.05) is 37.9 Å². The van der Waals surface area contributed by atoms with Crippen LogP contribution in [0.4, 0.5) is 11.5 Å². The number of nitrogen functional groups attached to an aromatic ring is 1. The van der Waals surface area contributed by atoms with Gasteiger partial charge in [0.1, 0.15) is 12.4 Å². The Labute approximate surface area is 107 Å². The number of ether oxygens (including phenoxy) is 1. The number of hydrogen-bond acceptors (Lipinski definition) is 5. The molecule has 6 heteroatoms. The average molecular weight is 252 g/mol. The van der Waals surface area contributed by atoms with Crippen molar-refractivity contribution >= 4 is 17.4 Å². The van der Waals surface area contributed by atoms with Crippen LogP contribution in [0.15, 0.2) is 18.3 Å². The number of unbranched alkanes of at least 4 members (excludes halogenated alkanes) is 1. The third-order valence-corrected chi connectivity index (χ3v) is 2.33. The lowest BCUT2D eigenvalue weighted by Crippen LogP contribution is -2.28. The zero-order chi connectivity index (χ0) is 13.2. The minimum atomic E-state index is -0.0839. The van der Waals surface area contributed by atoms with Crippen LogP contribution in [0.2, 0.25) is 0 Å². The monoisotopic (exact) mass is 252 g/mol. The van der Waals surface area contributed by atoms with E-state index in [1.807, 2.05) is 0 Å². The molecule has 0 unspecified atom stereocenters. The van der Waals surface area contributed by atoms with Crippen molar-refractivity contribution in [2.45, 2.75) is 12.8 Å². The molecule has 0 bridgehead atoms. The summed E-state index contributed by atoms with van der Waals surface area (Å²) in [5, 5.41) is 5.91. The number of carbonyl (C=O) groups is 1. The number of aromatic nitrogens is 1. The van der Waals surface area contributed by atoms with Crippen molar-refractivity contribution in [3.63, 3.8) is 0 Å². The number of nitrogens with two attached hydrogens (primary N) is 1. The van der Waals surface area contributed by atoms with Crippen molar-refractivity contribution in [2.24, 2.45) is 0 Å². The topological polar surface area (TPSA) is 89.3 Å². The van der Waals surface area contributed by atoms with E-state index < -0.39 is 0 Å². The smallest absolute Gasteiger partial charge is 0.245 e. The number of rotatable bonds is 8. The Morgan fingerprint density at radius 3 is 2.94 bits per heavy atom. The van der Waals surface area contributed by atoms with Crippen molar-refractivity contribution in [1.82, 2.24) is 10.3 Å². The first-order valence-corrected chi connectivity index (χ1v) is 5.94. The van der Waals surface area contributed by atoms with E-state index in [0.717, 1.165) is 19.4 Å². The Balaban J connectivity index is 2.06. The molecule has 6 nitrogen and oxygen atoms in total. The lowest BCUT2D eigenvalue weighted by molar-refractivity contribution is -0.124. The van der Waals surface area contributed by atoms with Crippen molar-refractivity contribution in [3.05, 3.63) is 18.3 Å². The van der Waals surface area contributed by atoms with E-state index >= 15 is 0 Å². The summed E-state index contributed by atoms with van der Waals surface area (Å²) in [6.07, 6.45) is 3.53. The molecule has 1 aromatic heterocycles. The highest BCUT2D eigenvalue weighted by Gasteiger charge is 1.99. The maximum atomic E-state index is 11.1. The molecule has 4 N–H and O–H groups in total. The Kier molecular flexibility index (Phi) is 6.56. The van der Waals surface area contributed by atoms with E-state index in [1.54, 1.807) is 18.3 Å². The van der Waals surface area contributed by atoms with Crippen molar-refractivity contribution in [3.8, 4) is 0 Å². The third-order valence-electron chi connectivity index (χ3n) is 2.33. The second-order valence-electron chi connectivity index (χ2n) is 3.86. The molecule has 0 spiro atoms. The third kappa shape index (κ3) is 5.49. The highest BCUT2D eigenvalue weighted by molar-refractivity contribution is 5.77. The zero-order valence-electron chi connectivity index (χ0n) is 10.6. The van der Waals surface area contributed by atoms with Gasteiger partial charge < -0.3 is 21.1 Å². The number of methoxy groups -OCH3 is 1. The van der Waals surface area contributed by atoms with Gasteiger partial charge in [-0.3, -0.25) is 4.79 Å². The molecule has 0 saturated carbocycles. The van der Waals surface area contributed by atoms with Crippen LogP contribution in [0, 0.1) is 0 Å². The van der Waals surface area contributed by atoms with Gasteiger partial charge in [0.2, 0.25) is 5.91 Å². The van der Waals surface area contributed by atoms with E-state index in [9.17, 15) is 4.79 Å². The fourth-order valence-corrected chi connectivity index (χ4v) is 1.43. The van der Waals surface area contributed by atoms with Gasteiger partial charge in [-0.1, -0.05) is 0 Å². The van der Waals surface area contributed by atoms with Crippen molar-refractivity contribution < 1.29 is 9.53 Å². The molecular weight excluding hydrogens is 232 g/mol. The first-order valence-electron chi connectivity index (χ1n) is 5.94. The summed E-state index contributed by atoms with van der Waals surface area (Å²) in [6.45, 7) is 1.55. The number of carbonyl (C=O) groups excluding carboxylic acids is 1. The van der Waals surface area contributed by atoms with Crippen LogP contribution in [0.5, 0.6) is 0 Å². The molecular formula is C12H20N4O2. The van der Waals surface area contributed by atoms with Gasteiger partial charge in [-0.15, -0.1) is 0 Å². The molecule has 0 atom stereocenters. The van der Waals surface area contributed by atoms with E-state index in [4.69, 9.17) is 10.5 Å². The summed E-state index contributed by atoms with van der Waals surface area (Å²) in [4.78, 5) is 15.2. The minimum Gasteiger partial charge on any atom is -0.396 e. The lowest BCUT2D eigenvalue weighted by atomic mass is 10.3. The number of anilines is 2. The van der Waals surface area contributed by atoms with Gasteiger partial charge >= 0.3 is 0 Å². The van der Waals surface area contributed by atoms with Crippen LogP contribution in [-0.4, -0.2) is 37.7 Å². The minimum absolute atomic E-state index is 0.0839. The number of pyridine rings is 1. The number of amides is 1. The standard InChI is InChI=1S/C12H20N4O2/c1-18-9-11(17)14-6-2-3-7-15-12-10(13)5-4-8-16-12/h4-5,8H,2-3,6-7,9,13H2,1H3,(H,14,17)(H,15,16). The van der Waals surface area contributed by atoms with Gasteiger partial charge in [-0.2, -0.15) is 0 Å². The fourth-order valence-electron chi connectivity index (χ4n) is 1.43. The molecule has 0 aliphatic heterocycles. The summed E-state index contributed by atoms with van der Waals surface area (Å²) >= 11 is 0. The Hall–Kier alpha value is -1.82. The van der Waals surface area contributed by atoms with Crippen LogP contribution >= 0.6 is 0 Å². The van der Waals surface area contributed by atoms with E-state index in [2.05, 4.69) is 15.6 Å². The van der Waals surface area contributed by atoms with E-state index in [1.165, 1.54) is 7.11 Å². The fraction of sp³-hybridized carbons (Fsp3) is 0.500. The molecule has 1 amide bonds. The van der Waals surface area contributed by atoms with Crippen LogP contribution in [-0.2, 0) is 9.53 Å². The predicted molar refractivity (Wildman–Crippen MR) is 71.3 cm³/mol. The summed E-state index contributed by atoms with van der Waals surface area (Å²) < 4.78 is 4.71. The summed E-state index contributed by atoms with van der Waals surface area (Å²) in [6, 6.07) is 3.60. The largest absolute Gasteiger partial charge is 0.396 e. The molecule has 1 heterocycles. The highest BCUT2D eigenvalue weighted by Crippen LogP contribution is 2.12. The zero-order valence-corrected chi connectivity index (χ0v) is 10.6. The first kappa shape index (κ1) is 14.2. The summed E-state index contributed by atoms with van der Waals surface area (Å²) in [5.41, 5.74) is 6.38. The molecule has 0 fully saturated rings. The van der Waals surface area contributed by atoms with Crippen molar-refractivity contribution in [1.29, 1.82) is 0 Å². The second-order valence-corrected chi connectivity index (χ2v) is 3.86. The van der Waals surface area contributed by atoms with Gasteiger partial charge in [-0.05, 0) is 25.0 Å². The SMILES string of the molecule is COCC(=O)NCCCCNc1ncccc1N. The molecule has 1 aromatic rings. The molecule has 0 aliphatic rings. The molecule has 18 heavy (non-hydrogen) atoms. The first-order chi connectivity index (χ1) is 8.74.